The molecule has 4 rings (SSSR count). The summed E-state index contributed by atoms with van der Waals surface area (Å²) in [6.45, 7) is 3.02. The Kier molecular flexibility index (Phi) is 3.65. The highest BCUT2D eigenvalue weighted by Crippen LogP contribution is 2.40. The fraction of sp³-hybridized carbons (Fsp3) is 0.375. The predicted octanol–water partition coefficient (Wildman–Crippen LogP) is 2.99. The molecule has 0 unspecified atom stereocenters. The molecule has 0 bridgehead atoms. The zero-order chi connectivity index (χ0) is 15.8. The van der Waals surface area contributed by atoms with Crippen LogP contribution in [0.25, 0.3) is 10.9 Å². The molecule has 2 aromatic heterocycles. The van der Waals surface area contributed by atoms with Crippen molar-refractivity contribution in [1.29, 1.82) is 0 Å². The van der Waals surface area contributed by atoms with Gasteiger partial charge in [0, 0.05) is 17.8 Å². The molecule has 0 spiro atoms. The van der Waals surface area contributed by atoms with Crippen molar-refractivity contribution in [2.45, 2.75) is 43.1 Å². The van der Waals surface area contributed by atoms with Gasteiger partial charge in [0.15, 0.2) is 5.16 Å². The Morgan fingerprint density at radius 2 is 2.04 bits per heavy atom. The lowest BCUT2D eigenvalue weighted by atomic mass is 10.2. The van der Waals surface area contributed by atoms with Crippen molar-refractivity contribution >= 4 is 28.5 Å². The van der Waals surface area contributed by atoms with Crippen molar-refractivity contribution in [2.24, 2.45) is 0 Å². The first-order valence-electron chi connectivity index (χ1n) is 7.83. The van der Waals surface area contributed by atoms with E-state index in [4.69, 9.17) is 5.73 Å². The molecule has 1 fully saturated rings. The Hall–Kier alpha value is -2.15. The second-order valence-corrected chi connectivity index (χ2v) is 6.63. The molecule has 7 heteroatoms. The van der Waals surface area contributed by atoms with Crippen LogP contribution in [-0.4, -0.2) is 24.7 Å². The minimum atomic E-state index is 0.529. The lowest BCUT2D eigenvalue weighted by Gasteiger charge is -2.07. The van der Waals surface area contributed by atoms with E-state index in [1.54, 1.807) is 11.8 Å². The summed E-state index contributed by atoms with van der Waals surface area (Å²) in [6.07, 6.45) is 2.46. The van der Waals surface area contributed by atoms with Crippen LogP contribution < -0.4 is 5.73 Å². The van der Waals surface area contributed by atoms with Crippen LogP contribution in [0.1, 0.15) is 37.3 Å². The predicted molar refractivity (Wildman–Crippen MR) is 91.2 cm³/mol. The van der Waals surface area contributed by atoms with E-state index in [1.807, 2.05) is 24.3 Å². The van der Waals surface area contributed by atoms with Crippen molar-refractivity contribution < 1.29 is 0 Å². The van der Waals surface area contributed by atoms with Gasteiger partial charge in [0.1, 0.15) is 17.5 Å². The molecule has 3 aromatic rings. The lowest BCUT2D eigenvalue weighted by Crippen LogP contribution is -2.03. The van der Waals surface area contributed by atoms with Gasteiger partial charge in [-0.3, -0.25) is 0 Å². The van der Waals surface area contributed by atoms with Crippen LogP contribution in [-0.2, 0) is 12.3 Å². The number of hydrogen-bond donors (Lipinski definition) is 1. The molecular weight excluding hydrogens is 308 g/mol. The molecule has 0 radical (unpaired) electrons. The third-order valence-electron chi connectivity index (χ3n) is 4.01. The molecule has 2 heterocycles. The van der Waals surface area contributed by atoms with Gasteiger partial charge >= 0.3 is 0 Å². The summed E-state index contributed by atoms with van der Waals surface area (Å²) >= 11 is 1.62. The summed E-state index contributed by atoms with van der Waals surface area (Å²) in [5.74, 6) is 3.61. The Morgan fingerprint density at radius 3 is 2.83 bits per heavy atom. The second-order valence-electron chi connectivity index (χ2n) is 5.69. The maximum Gasteiger partial charge on any atom is 0.191 e. The number of benzene rings is 1. The largest absolute Gasteiger partial charge is 0.383 e. The Morgan fingerprint density at radius 1 is 1.22 bits per heavy atom. The van der Waals surface area contributed by atoms with Gasteiger partial charge in [-0.25, -0.2) is 9.97 Å². The molecule has 23 heavy (non-hydrogen) atoms. The fourth-order valence-corrected chi connectivity index (χ4v) is 3.56. The summed E-state index contributed by atoms with van der Waals surface area (Å²) in [5.41, 5.74) is 6.92. The van der Waals surface area contributed by atoms with E-state index in [0.717, 1.165) is 34.3 Å². The number of para-hydroxylation sites is 1. The molecule has 1 aliphatic rings. The molecule has 0 saturated heterocycles. The molecule has 1 saturated carbocycles. The van der Waals surface area contributed by atoms with Crippen molar-refractivity contribution in [3.63, 3.8) is 0 Å². The average Bonchev–Trinajstić information content (AvgIpc) is 3.33. The number of nitrogen functional groups attached to an aromatic ring is 1. The molecule has 0 aliphatic heterocycles. The molecular formula is C16H18N6S. The number of anilines is 1. The van der Waals surface area contributed by atoms with E-state index in [-0.39, 0.29) is 0 Å². The van der Waals surface area contributed by atoms with Gasteiger partial charge in [0.25, 0.3) is 0 Å². The van der Waals surface area contributed by atoms with Crippen molar-refractivity contribution in [2.75, 3.05) is 5.73 Å². The summed E-state index contributed by atoms with van der Waals surface area (Å²) < 4.78 is 2.20. The number of rotatable bonds is 5. The average molecular weight is 326 g/mol. The van der Waals surface area contributed by atoms with E-state index >= 15 is 0 Å². The summed E-state index contributed by atoms with van der Waals surface area (Å²) in [6, 6.07) is 7.80. The molecule has 118 valence electrons. The summed E-state index contributed by atoms with van der Waals surface area (Å²) in [5, 5.41) is 10.5. The highest BCUT2D eigenvalue weighted by Gasteiger charge is 2.29. The van der Waals surface area contributed by atoms with Gasteiger partial charge in [-0.05, 0) is 31.9 Å². The minimum Gasteiger partial charge on any atom is -0.383 e. The Labute approximate surface area is 138 Å². The number of fused-ring (bicyclic) bond motifs is 1. The molecule has 2 N–H and O–H groups in total. The van der Waals surface area contributed by atoms with Crippen LogP contribution in [0.2, 0.25) is 0 Å². The Balaban J connectivity index is 1.57. The first-order chi connectivity index (χ1) is 11.3. The quantitative estimate of drug-likeness (QED) is 0.726. The smallest absolute Gasteiger partial charge is 0.191 e. The number of aromatic nitrogens is 5. The zero-order valence-corrected chi connectivity index (χ0v) is 13.8. The number of nitrogens with zero attached hydrogens (tertiary/aromatic N) is 5. The van der Waals surface area contributed by atoms with Gasteiger partial charge in [0.2, 0.25) is 0 Å². The van der Waals surface area contributed by atoms with E-state index in [9.17, 15) is 0 Å². The maximum absolute atomic E-state index is 6.04. The van der Waals surface area contributed by atoms with Crippen LogP contribution in [0.5, 0.6) is 0 Å². The number of nitrogens with two attached hydrogens (primary N) is 1. The van der Waals surface area contributed by atoms with Gasteiger partial charge < -0.3 is 10.3 Å². The zero-order valence-electron chi connectivity index (χ0n) is 12.9. The third kappa shape index (κ3) is 2.76. The topological polar surface area (TPSA) is 82.5 Å². The maximum atomic E-state index is 6.04. The van der Waals surface area contributed by atoms with Crippen LogP contribution in [0.3, 0.4) is 0 Å². The lowest BCUT2D eigenvalue weighted by molar-refractivity contribution is 0.643. The van der Waals surface area contributed by atoms with Crippen LogP contribution in [0.4, 0.5) is 5.82 Å². The standard InChI is InChI=1S/C16H18N6S/c1-2-22-15(10-7-8-10)20-21-16(22)23-9-13-18-12-6-4-3-5-11(12)14(17)19-13/h3-6,10H,2,7-9H2,1H3,(H2,17,18,19). The van der Waals surface area contributed by atoms with Gasteiger partial charge in [-0.2, -0.15) is 0 Å². The van der Waals surface area contributed by atoms with Gasteiger partial charge in [-0.15, -0.1) is 10.2 Å². The molecule has 0 atom stereocenters. The highest BCUT2D eigenvalue weighted by molar-refractivity contribution is 7.98. The van der Waals surface area contributed by atoms with Gasteiger partial charge in [0.05, 0.1) is 11.3 Å². The first kappa shape index (κ1) is 14.4. The number of hydrogen-bond acceptors (Lipinski definition) is 6. The first-order valence-corrected chi connectivity index (χ1v) is 8.82. The number of thioether (sulfide) groups is 1. The van der Waals surface area contributed by atoms with Gasteiger partial charge in [-0.1, -0.05) is 23.9 Å². The van der Waals surface area contributed by atoms with Crippen molar-refractivity contribution in [3.8, 4) is 0 Å². The van der Waals surface area contributed by atoms with Crippen molar-refractivity contribution in [3.05, 3.63) is 35.9 Å². The normalized spacial score (nSPS) is 14.5. The molecule has 0 amide bonds. The molecule has 6 nitrogen and oxygen atoms in total. The van der Waals surface area contributed by atoms with Crippen LogP contribution >= 0.6 is 11.8 Å². The monoisotopic (exact) mass is 326 g/mol. The minimum absolute atomic E-state index is 0.529. The van der Waals surface area contributed by atoms with E-state index in [0.29, 0.717) is 17.5 Å². The second kappa shape index (κ2) is 5.81. The SMILES string of the molecule is CCn1c(SCc2nc(N)c3ccccc3n2)nnc1C1CC1. The van der Waals surface area contributed by atoms with E-state index < -0.39 is 0 Å². The molecule has 1 aromatic carbocycles. The summed E-state index contributed by atoms with van der Waals surface area (Å²) in [4.78, 5) is 9.01. The van der Waals surface area contributed by atoms with E-state index in [2.05, 4.69) is 31.7 Å². The Bertz CT molecular complexity index is 855. The van der Waals surface area contributed by atoms with Crippen molar-refractivity contribution in [1.82, 2.24) is 24.7 Å². The third-order valence-corrected chi connectivity index (χ3v) is 4.98. The highest BCUT2D eigenvalue weighted by atomic mass is 32.2. The fourth-order valence-electron chi connectivity index (χ4n) is 2.69. The van der Waals surface area contributed by atoms with Crippen LogP contribution in [0, 0.1) is 0 Å². The summed E-state index contributed by atoms with van der Waals surface area (Å²) in [7, 11) is 0. The molecule has 1 aliphatic carbocycles. The van der Waals surface area contributed by atoms with Crippen LogP contribution in [0.15, 0.2) is 29.4 Å². The van der Waals surface area contributed by atoms with E-state index in [1.165, 1.54) is 12.8 Å².